The van der Waals surface area contributed by atoms with Crippen molar-refractivity contribution in [2.75, 3.05) is 13.1 Å². The second-order valence-corrected chi connectivity index (χ2v) is 4.83. The van der Waals surface area contributed by atoms with Crippen LogP contribution in [0.25, 0.3) is 0 Å². The molecular weight excluding hydrogens is 210 g/mol. The number of rotatable bonds is 5. The Bertz CT molecular complexity index is 341. The summed E-state index contributed by atoms with van der Waals surface area (Å²) in [5.41, 5.74) is 1.34. The molecule has 1 N–H and O–H groups in total. The fraction of sp³-hybridized carbons (Fsp3) is 0.533. The van der Waals surface area contributed by atoms with Gasteiger partial charge in [0.15, 0.2) is 0 Å². The number of carbonyl (C=O) groups is 1. The molecular formula is C15H21NO. The number of ketones is 1. The van der Waals surface area contributed by atoms with Crippen LogP contribution in [0.15, 0.2) is 30.3 Å². The van der Waals surface area contributed by atoms with E-state index in [1.807, 2.05) is 6.07 Å². The van der Waals surface area contributed by atoms with E-state index in [2.05, 4.69) is 29.6 Å². The fourth-order valence-corrected chi connectivity index (χ4v) is 2.46. The van der Waals surface area contributed by atoms with Crippen LogP contribution in [0.4, 0.5) is 0 Å². The van der Waals surface area contributed by atoms with Crippen LogP contribution in [0.5, 0.6) is 0 Å². The number of piperidine rings is 1. The lowest BCUT2D eigenvalue weighted by atomic mass is 9.90. The molecule has 92 valence electrons. The summed E-state index contributed by atoms with van der Waals surface area (Å²) in [6, 6.07) is 10.4. The molecule has 1 aliphatic rings. The molecule has 2 rings (SSSR count). The van der Waals surface area contributed by atoms with E-state index in [0.29, 0.717) is 11.7 Å². The number of Topliss-reactive ketones (excluding diaryl/α,β-unsaturated/α-hetero) is 1. The summed E-state index contributed by atoms with van der Waals surface area (Å²) in [4.78, 5) is 12.0. The van der Waals surface area contributed by atoms with Gasteiger partial charge in [-0.3, -0.25) is 4.79 Å². The highest BCUT2D eigenvalue weighted by molar-refractivity contribution is 5.81. The van der Waals surface area contributed by atoms with Crippen molar-refractivity contribution >= 4 is 5.78 Å². The molecule has 2 nitrogen and oxygen atoms in total. The van der Waals surface area contributed by atoms with Crippen LogP contribution in [-0.4, -0.2) is 18.9 Å². The predicted octanol–water partition coefficient (Wildman–Crippen LogP) is 2.58. The molecule has 17 heavy (non-hydrogen) atoms. The van der Waals surface area contributed by atoms with Gasteiger partial charge in [-0.05, 0) is 44.3 Å². The molecule has 0 unspecified atom stereocenters. The molecule has 0 saturated carbocycles. The van der Waals surface area contributed by atoms with Gasteiger partial charge in [-0.25, -0.2) is 0 Å². The van der Waals surface area contributed by atoms with Crippen LogP contribution in [0.1, 0.15) is 31.2 Å². The quantitative estimate of drug-likeness (QED) is 0.844. The molecule has 1 saturated heterocycles. The van der Waals surface area contributed by atoms with Gasteiger partial charge >= 0.3 is 0 Å². The zero-order valence-electron chi connectivity index (χ0n) is 10.3. The van der Waals surface area contributed by atoms with Gasteiger partial charge in [0.1, 0.15) is 5.78 Å². The van der Waals surface area contributed by atoms with Gasteiger partial charge in [-0.2, -0.15) is 0 Å². The standard InChI is InChI=1S/C15H21NO/c17-15(14-9-11-16-12-10-14)8-4-7-13-5-2-1-3-6-13/h1-3,5-6,14,16H,4,7-12H2. The van der Waals surface area contributed by atoms with Crippen molar-refractivity contribution < 1.29 is 4.79 Å². The highest BCUT2D eigenvalue weighted by atomic mass is 16.1. The summed E-state index contributed by atoms with van der Waals surface area (Å²) in [7, 11) is 0. The molecule has 1 aromatic carbocycles. The van der Waals surface area contributed by atoms with E-state index in [4.69, 9.17) is 0 Å². The summed E-state index contributed by atoms with van der Waals surface area (Å²) in [6.45, 7) is 2.02. The average Bonchev–Trinajstić information content (AvgIpc) is 2.41. The SMILES string of the molecule is O=C(CCCc1ccccc1)C1CCNCC1. The first-order valence-electron chi connectivity index (χ1n) is 6.63. The molecule has 0 aliphatic carbocycles. The molecule has 1 aliphatic heterocycles. The Morgan fingerprint density at radius 2 is 1.88 bits per heavy atom. The predicted molar refractivity (Wildman–Crippen MR) is 70.0 cm³/mol. The van der Waals surface area contributed by atoms with Crippen LogP contribution in [0, 0.1) is 5.92 Å². The van der Waals surface area contributed by atoms with Gasteiger partial charge in [-0.1, -0.05) is 30.3 Å². The number of benzene rings is 1. The molecule has 0 atom stereocenters. The van der Waals surface area contributed by atoms with Gasteiger partial charge in [0.05, 0.1) is 0 Å². The van der Waals surface area contributed by atoms with Gasteiger partial charge < -0.3 is 5.32 Å². The molecule has 1 heterocycles. The molecule has 0 aromatic heterocycles. The van der Waals surface area contributed by atoms with E-state index in [1.54, 1.807) is 0 Å². The fourth-order valence-electron chi connectivity index (χ4n) is 2.46. The average molecular weight is 231 g/mol. The Hall–Kier alpha value is -1.15. The number of carbonyl (C=O) groups excluding carboxylic acids is 1. The molecule has 0 radical (unpaired) electrons. The van der Waals surface area contributed by atoms with Crippen LogP contribution in [-0.2, 0) is 11.2 Å². The number of aryl methyl sites for hydroxylation is 1. The van der Waals surface area contributed by atoms with Crippen molar-refractivity contribution in [3.8, 4) is 0 Å². The Kier molecular flexibility index (Phi) is 4.75. The molecule has 0 amide bonds. The Labute approximate surface area is 103 Å². The molecule has 1 fully saturated rings. The minimum absolute atomic E-state index is 0.326. The Morgan fingerprint density at radius 1 is 1.18 bits per heavy atom. The van der Waals surface area contributed by atoms with Crippen LogP contribution in [0.2, 0.25) is 0 Å². The van der Waals surface area contributed by atoms with Crippen LogP contribution in [0.3, 0.4) is 0 Å². The summed E-state index contributed by atoms with van der Waals surface area (Å²) in [5, 5.41) is 3.30. The molecule has 1 aromatic rings. The topological polar surface area (TPSA) is 29.1 Å². The van der Waals surface area contributed by atoms with Crippen LogP contribution >= 0.6 is 0 Å². The molecule has 0 spiro atoms. The third kappa shape index (κ3) is 3.97. The van der Waals surface area contributed by atoms with Gasteiger partial charge in [0.25, 0.3) is 0 Å². The maximum Gasteiger partial charge on any atom is 0.136 e. The third-order valence-electron chi connectivity index (χ3n) is 3.53. The second kappa shape index (κ2) is 6.55. The first-order valence-corrected chi connectivity index (χ1v) is 6.63. The van der Waals surface area contributed by atoms with E-state index >= 15 is 0 Å². The van der Waals surface area contributed by atoms with Crippen molar-refractivity contribution in [2.45, 2.75) is 32.1 Å². The minimum Gasteiger partial charge on any atom is -0.317 e. The monoisotopic (exact) mass is 231 g/mol. The minimum atomic E-state index is 0.326. The van der Waals surface area contributed by atoms with Crippen molar-refractivity contribution in [3.05, 3.63) is 35.9 Å². The lowest BCUT2D eigenvalue weighted by Crippen LogP contribution is -2.31. The number of nitrogens with one attached hydrogen (secondary N) is 1. The van der Waals surface area contributed by atoms with Crippen LogP contribution < -0.4 is 5.32 Å². The van der Waals surface area contributed by atoms with Crippen molar-refractivity contribution in [1.82, 2.24) is 5.32 Å². The summed E-state index contributed by atoms with van der Waals surface area (Å²) in [5.74, 6) is 0.800. The smallest absolute Gasteiger partial charge is 0.136 e. The Balaban J connectivity index is 1.69. The van der Waals surface area contributed by atoms with E-state index < -0.39 is 0 Å². The van der Waals surface area contributed by atoms with E-state index in [9.17, 15) is 4.79 Å². The lowest BCUT2D eigenvalue weighted by molar-refractivity contribution is -0.123. The van der Waals surface area contributed by atoms with Gasteiger partial charge in [-0.15, -0.1) is 0 Å². The highest BCUT2D eigenvalue weighted by Gasteiger charge is 2.19. The van der Waals surface area contributed by atoms with E-state index in [0.717, 1.165) is 45.2 Å². The van der Waals surface area contributed by atoms with Crippen molar-refractivity contribution in [3.63, 3.8) is 0 Å². The van der Waals surface area contributed by atoms with E-state index in [1.165, 1.54) is 5.56 Å². The third-order valence-corrected chi connectivity index (χ3v) is 3.53. The largest absolute Gasteiger partial charge is 0.317 e. The summed E-state index contributed by atoms with van der Waals surface area (Å²) < 4.78 is 0. The maximum atomic E-state index is 12.0. The second-order valence-electron chi connectivity index (χ2n) is 4.83. The number of hydrogen-bond acceptors (Lipinski definition) is 2. The van der Waals surface area contributed by atoms with Crippen molar-refractivity contribution in [1.29, 1.82) is 0 Å². The maximum absolute atomic E-state index is 12.0. The summed E-state index contributed by atoms with van der Waals surface area (Å²) in [6.07, 6.45) is 4.83. The molecule has 0 bridgehead atoms. The van der Waals surface area contributed by atoms with Gasteiger partial charge in [0, 0.05) is 12.3 Å². The normalized spacial score (nSPS) is 16.9. The summed E-state index contributed by atoms with van der Waals surface area (Å²) >= 11 is 0. The lowest BCUT2D eigenvalue weighted by Gasteiger charge is -2.21. The Morgan fingerprint density at radius 3 is 2.59 bits per heavy atom. The van der Waals surface area contributed by atoms with E-state index in [-0.39, 0.29) is 0 Å². The zero-order chi connectivity index (χ0) is 11.9. The zero-order valence-corrected chi connectivity index (χ0v) is 10.3. The first-order chi connectivity index (χ1) is 8.36. The number of hydrogen-bond donors (Lipinski definition) is 1. The van der Waals surface area contributed by atoms with Crippen molar-refractivity contribution in [2.24, 2.45) is 5.92 Å². The molecule has 2 heteroatoms. The first kappa shape index (κ1) is 12.3. The van der Waals surface area contributed by atoms with Gasteiger partial charge in [0.2, 0.25) is 0 Å². The highest BCUT2D eigenvalue weighted by Crippen LogP contribution is 2.16.